The first-order chi connectivity index (χ1) is 15.7. The number of piperidine rings is 1. The number of benzene rings is 2. The summed E-state index contributed by atoms with van der Waals surface area (Å²) in [5.74, 6) is -0.459. The fourth-order valence-electron chi connectivity index (χ4n) is 4.43. The molecule has 0 radical (unpaired) electrons. The minimum atomic E-state index is -1.30. The van der Waals surface area contributed by atoms with E-state index in [2.05, 4.69) is 4.90 Å². The minimum Gasteiger partial charge on any atom is -0.490 e. The van der Waals surface area contributed by atoms with Gasteiger partial charge in [-0.2, -0.15) is 0 Å². The highest BCUT2D eigenvalue weighted by Crippen LogP contribution is 2.29. The molecule has 2 aromatic rings. The van der Waals surface area contributed by atoms with Gasteiger partial charge in [-0.15, -0.1) is 0 Å². The van der Waals surface area contributed by atoms with E-state index in [9.17, 15) is 19.0 Å². The Morgan fingerprint density at radius 3 is 2.55 bits per heavy atom. The van der Waals surface area contributed by atoms with Crippen LogP contribution in [0, 0.1) is 11.6 Å². The number of halogens is 3. The zero-order valence-corrected chi connectivity index (χ0v) is 19.1. The Morgan fingerprint density at radius 1 is 1.03 bits per heavy atom. The molecule has 9 heteroatoms. The number of rotatable bonds is 6. The smallest absolute Gasteiger partial charge is 0.142 e. The largest absolute Gasteiger partial charge is 0.490 e. The fraction of sp³-hybridized carbons (Fsp3) is 0.500. The molecule has 2 aliphatic heterocycles. The molecule has 6 nitrogen and oxygen atoms in total. The lowest BCUT2D eigenvalue weighted by atomic mass is 9.90. The number of anilines is 1. The van der Waals surface area contributed by atoms with Gasteiger partial charge >= 0.3 is 0 Å². The monoisotopic (exact) mass is 482 g/mol. The van der Waals surface area contributed by atoms with E-state index in [0.717, 1.165) is 5.69 Å². The standard InChI is InChI=1S/C24H29ClF2N2O4/c25-21-13-20(4-5-22(21)27)33-17-24(31)15-28(10-11-32-16-24)14-23(30)6-8-29(9-7-23)19-3-1-2-18(26)12-19/h1-5,12-13,30-31H,6-11,14-17H2. The average molecular weight is 483 g/mol. The van der Waals surface area contributed by atoms with Gasteiger partial charge in [-0.3, -0.25) is 4.90 Å². The molecule has 1 unspecified atom stereocenters. The molecule has 0 aromatic heterocycles. The van der Waals surface area contributed by atoms with E-state index in [1.807, 2.05) is 11.0 Å². The maximum atomic E-state index is 13.6. The SMILES string of the molecule is OC1(CN2CCOCC(O)(COc3ccc(F)c(Cl)c3)C2)CCN(c2cccc(F)c2)CC1. The lowest BCUT2D eigenvalue weighted by Crippen LogP contribution is -2.55. The molecule has 2 heterocycles. The molecule has 0 bridgehead atoms. The summed E-state index contributed by atoms with van der Waals surface area (Å²) in [5, 5.41) is 22.3. The van der Waals surface area contributed by atoms with Crippen LogP contribution in [0.1, 0.15) is 12.8 Å². The minimum absolute atomic E-state index is 0.0509. The zero-order chi connectivity index (χ0) is 23.5. The van der Waals surface area contributed by atoms with Crippen LogP contribution < -0.4 is 9.64 Å². The number of β-amino-alcohol motifs (C(OH)–C–C–N with tert-alkyl or cyclic N) is 2. The van der Waals surface area contributed by atoms with E-state index >= 15 is 0 Å². The first-order valence-electron chi connectivity index (χ1n) is 11.1. The Labute approximate surface area is 197 Å². The lowest BCUT2D eigenvalue weighted by Gasteiger charge is -2.42. The van der Waals surface area contributed by atoms with Gasteiger partial charge in [0, 0.05) is 44.5 Å². The number of hydrogen-bond donors (Lipinski definition) is 2. The van der Waals surface area contributed by atoms with Crippen LogP contribution in [0.5, 0.6) is 5.75 Å². The summed E-state index contributed by atoms with van der Waals surface area (Å²) < 4.78 is 38.2. The maximum absolute atomic E-state index is 13.6. The molecule has 33 heavy (non-hydrogen) atoms. The quantitative estimate of drug-likeness (QED) is 0.659. The molecular formula is C24H29ClF2N2O4. The number of hydrogen-bond acceptors (Lipinski definition) is 6. The maximum Gasteiger partial charge on any atom is 0.142 e. The van der Waals surface area contributed by atoms with Crippen LogP contribution in [-0.4, -0.2) is 78.9 Å². The van der Waals surface area contributed by atoms with Crippen LogP contribution in [0.3, 0.4) is 0 Å². The third-order valence-corrected chi connectivity index (χ3v) is 6.51. The highest BCUT2D eigenvalue weighted by Gasteiger charge is 2.39. The van der Waals surface area contributed by atoms with E-state index in [-0.39, 0.29) is 30.6 Å². The Morgan fingerprint density at radius 2 is 1.82 bits per heavy atom. The topological polar surface area (TPSA) is 65.4 Å². The Bertz CT molecular complexity index is 958. The summed E-state index contributed by atoms with van der Waals surface area (Å²) in [5.41, 5.74) is -1.40. The Kier molecular flexibility index (Phi) is 7.40. The molecule has 0 spiro atoms. The highest BCUT2D eigenvalue weighted by molar-refractivity contribution is 6.30. The van der Waals surface area contributed by atoms with Crippen LogP contribution in [0.15, 0.2) is 42.5 Å². The van der Waals surface area contributed by atoms with Gasteiger partial charge in [-0.05, 0) is 43.2 Å². The first-order valence-corrected chi connectivity index (χ1v) is 11.4. The average Bonchev–Trinajstić information content (AvgIpc) is 2.96. The molecule has 2 N–H and O–H groups in total. The molecule has 2 saturated heterocycles. The van der Waals surface area contributed by atoms with Crippen molar-refractivity contribution >= 4 is 17.3 Å². The van der Waals surface area contributed by atoms with Gasteiger partial charge in [0.2, 0.25) is 0 Å². The summed E-state index contributed by atoms with van der Waals surface area (Å²) in [6.45, 7) is 2.90. The van der Waals surface area contributed by atoms with Crippen molar-refractivity contribution in [1.82, 2.24) is 4.90 Å². The van der Waals surface area contributed by atoms with Crippen molar-refractivity contribution in [3.63, 3.8) is 0 Å². The summed E-state index contributed by atoms with van der Waals surface area (Å²) >= 11 is 5.80. The normalized spacial score (nSPS) is 23.8. The third-order valence-electron chi connectivity index (χ3n) is 6.22. The van der Waals surface area contributed by atoms with Crippen molar-refractivity contribution in [2.24, 2.45) is 0 Å². The summed E-state index contributed by atoms with van der Waals surface area (Å²) in [6, 6.07) is 10.5. The molecule has 0 amide bonds. The van der Waals surface area contributed by atoms with Gasteiger partial charge in [-0.25, -0.2) is 8.78 Å². The van der Waals surface area contributed by atoms with Gasteiger partial charge in [0.1, 0.15) is 29.6 Å². The lowest BCUT2D eigenvalue weighted by molar-refractivity contribution is -0.0742. The van der Waals surface area contributed by atoms with Gasteiger partial charge in [0.05, 0.1) is 23.8 Å². The number of ether oxygens (including phenoxy) is 2. The predicted molar refractivity (Wildman–Crippen MR) is 122 cm³/mol. The van der Waals surface area contributed by atoms with E-state index in [1.54, 1.807) is 6.07 Å². The molecular weight excluding hydrogens is 454 g/mol. The van der Waals surface area contributed by atoms with Crippen LogP contribution in [0.2, 0.25) is 5.02 Å². The van der Waals surface area contributed by atoms with Crippen molar-refractivity contribution in [2.45, 2.75) is 24.0 Å². The van der Waals surface area contributed by atoms with E-state index in [0.29, 0.717) is 51.4 Å². The van der Waals surface area contributed by atoms with Gasteiger partial charge in [0.15, 0.2) is 0 Å². The van der Waals surface area contributed by atoms with Crippen molar-refractivity contribution in [3.8, 4) is 5.75 Å². The third kappa shape index (κ3) is 6.33. The molecule has 2 aromatic carbocycles. The summed E-state index contributed by atoms with van der Waals surface area (Å²) in [4.78, 5) is 4.06. The summed E-state index contributed by atoms with van der Waals surface area (Å²) in [7, 11) is 0. The Hall–Kier alpha value is -1.97. The predicted octanol–water partition coefficient (Wildman–Crippen LogP) is 3.09. The molecule has 0 aliphatic carbocycles. The molecule has 2 aliphatic rings. The second-order valence-electron chi connectivity index (χ2n) is 9.04. The molecule has 0 saturated carbocycles. The molecule has 1 atom stereocenters. The van der Waals surface area contributed by atoms with Crippen molar-refractivity contribution in [3.05, 3.63) is 59.1 Å². The molecule has 2 fully saturated rings. The fourth-order valence-corrected chi connectivity index (χ4v) is 4.60. The van der Waals surface area contributed by atoms with E-state index < -0.39 is 17.0 Å². The van der Waals surface area contributed by atoms with Crippen molar-refractivity contribution in [2.75, 3.05) is 57.4 Å². The van der Waals surface area contributed by atoms with Crippen LogP contribution in [-0.2, 0) is 4.74 Å². The second kappa shape index (κ2) is 10.1. The Balaban J connectivity index is 1.34. The van der Waals surface area contributed by atoms with Gasteiger partial charge in [0.25, 0.3) is 0 Å². The van der Waals surface area contributed by atoms with Gasteiger partial charge in [-0.1, -0.05) is 17.7 Å². The summed E-state index contributed by atoms with van der Waals surface area (Å²) in [6.07, 6.45) is 1.06. The van der Waals surface area contributed by atoms with Gasteiger partial charge < -0.3 is 24.6 Å². The number of aliphatic hydroxyl groups is 2. The van der Waals surface area contributed by atoms with Crippen LogP contribution in [0.25, 0.3) is 0 Å². The first kappa shape index (κ1) is 24.2. The molecule has 180 valence electrons. The molecule has 4 rings (SSSR count). The van der Waals surface area contributed by atoms with Crippen molar-refractivity contribution in [1.29, 1.82) is 0 Å². The van der Waals surface area contributed by atoms with Crippen LogP contribution in [0.4, 0.5) is 14.5 Å². The second-order valence-corrected chi connectivity index (χ2v) is 9.45. The zero-order valence-electron chi connectivity index (χ0n) is 18.4. The van der Waals surface area contributed by atoms with Crippen LogP contribution >= 0.6 is 11.6 Å². The number of nitrogens with zero attached hydrogens (tertiary/aromatic N) is 2. The van der Waals surface area contributed by atoms with Crippen molar-refractivity contribution < 1.29 is 28.5 Å². The van der Waals surface area contributed by atoms with E-state index in [4.69, 9.17) is 21.1 Å². The highest BCUT2D eigenvalue weighted by atomic mass is 35.5. The van der Waals surface area contributed by atoms with E-state index in [1.165, 1.54) is 30.3 Å².